The smallest absolute Gasteiger partial charge is 0.222 e. The Kier molecular flexibility index (Phi) is 4.33. The number of carbonyl (C=O) groups is 1. The Bertz CT molecular complexity index is 866. The van der Waals surface area contributed by atoms with E-state index in [2.05, 4.69) is 38.3 Å². The maximum Gasteiger partial charge on any atom is 0.222 e. The summed E-state index contributed by atoms with van der Waals surface area (Å²) in [6, 6.07) is 4.11. The van der Waals surface area contributed by atoms with Gasteiger partial charge in [-0.15, -0.1) is 12.3 Å². The van der Waals surface area contributed by atoms with Crippen molar-refractivity contribution in [2.75, 3.05) is 31.1 Å². The summed E-state index contributed by atoms with van der Waals surface area (Å²) in [6.45, 7) is 3.16. The largest absolute Gasteiger partial charge is 0.367 e. The molecule has 1 saturated heterocycles. The Labute approximate surface area is 152 Å². The van der Waals surface area contributed by atoms with Gasteiger partial charge in [0, 0.05) is 70.5 Å². The fourth-order valence-corrected chi connectivity index (χ4v) is 3.44. The highest BCUT2D eigenvalue weighted by Gasteiger charge is 2.39. The molecule has 0 N–H and O–H groups in total. The molecular weight excluding hydrogens is 328 g/mol. The molecule has 2 aromatic rings. The molecule has 134 valence electrons. The Morgan fingerprint density at radius 2 is 2.00 bits per heavy atom. The Balaban J connectivity index is 1.28. The van der Waals surface area contributed by atoms with E-state index in [0.717, 1.165) is 43.9 Å². The third-order valence-electron chi connectivity index (χ3n) is 5.16. The average molecular weight is 350 g/mol. The minimum Gasteiger partial charge on any atom is -0.367 e. The fraction of sp³-hybridized carbons (Fsp3) is 0.474. The van der Waals surface area contributed by atoms with Crippen molar-refractivity contribution >= 4 is 17.2 Å². The van der Waals surface area contributed by atoms with Gasteiger partial charge >= 0.3 is 0 Å². The number of carbonyl (C=O) groups excluding carboxylic acids is 1. The molecular formula is C19H22N6O. The van der Waals surface area contributed by atoms with Crippen LogP contribution in [-0.2, 0) is 4.79 Å². The summed E-state index contributed by atoms with van der Waals surface area (Å²) in [6.07, 6.45) is 13.7. The molecule has 2 aliphatic heterocycles. The molecule has 4 heterocycles. The van der Waals surface area contributed by atoms with Gasteiger partial charge in [-0.3, -0.25) is 4.79 Å². The highest BCUT2D eigenvalue weighted by Crippen LogP contribution is 2.37. The lowest BCUT2D eigenvalue weighted by Gasteiger charge is -2.36. The normalized spacial score (nSPS) is 18.1. The second kappa shape index (κ2) is 6.79. The number of anilines is 1. The molecule has 1 amide bonds. The molecule has 4 rings (SSSR count). The quantitative estimate of drug-likeness (QED) is 0.751. The number of hydrogen-bond donors (Lipinski definition) is 0. The number of imidazole rings is 1. The van der Waals surface area contributed by atoms with Crippen LogP contribution in [0.4, 0.5) is 5.69 Å². The van der Waals surface area contributed by atoms with E-state index >= 15 is 0 Å². The topological polar surface area (TPSA) is 65.6 Å². The van der Waals surface area contributed by atoms with E-state index in [4.69, 9.17) is 6.42 Å². The Hall–Kier alpha value is -2.88. The van der Waals surface area contributed by atoms with E-state index in [0.29, 0.717) is 19.3 Å². The van der Waals surface area contributed by atoms with Crippen molar-refractivity contribution in [1.29, 1.82) is 0 Å². The molecule has 0 bridgehead atoms. The summed E-state index contributed by atoms with van der Waals surface area (Å²) < 4.78 is 2.02. The van der Waals surface area contributed by atoms with Gasteiger partial charge in [0.1, 0.15) is 5.65 Å². The second-order valence-electron chi connectivity index (χ2n) is 6.83. The van der Waals surface area contributed by atoms with E-state index in [1.807, 2.05) is 21.6 Å². The number of pyridine rings is 1. The number of hydrogen-bond acceptors (Lipinski definition) is 5. The van der Waals surface area contributed by atoms with Crippen molar-refractivity contribution in [3.05, 3.63) is 30.7 Å². The van der Waals surface area contributed by atoms with Gasteiger partial charge in [0.2, 0.25) is 5.91 Å². The maximum atomic E-state index is 12.5. The molecule has 0 unspecified atom stereocenters. The average Bonchev–Trinajstić information content (AvgIpc) is 3.30. The number of piperazine rings is 1. The van der Waals surface area contributed by atoms with Gasteiger partial charge in [0.15, 0.2) is 5.66 Å². The van der Waals surface area contributed by atoms with Crippen LogP contribution in [0.25, 0.3) is 5.65 Å². The lowest BCUT2D eigenvalue weighted by atomic mass is 10.0. The predicted molar refractivity (Wildman–Crippen MR) is 98.9 cm³/mol. The summed E-state index contributed by atoms with van der Waals surface area (Å²) in [5.41, 5.74) is 1.73. The van der Waals surface area contributed by atoms with Gasteiger partial charge in [-0.1, -0.05) is 0 Å². The zero-order chi connectivity index (χ0) is 18.0. The van der Waals surface area contributed by atoms with Crippen LogP contribution < -0.4 is 4.90 Å². The summed E-state index contributed by atoms with van der Waals surface area (Å²) in [5, 5.41) is 8.21. The summed E-state index contributed by atoms with van der Waals surface area (Å²) in [5.74, 6) is 2.81. The number of terminal acetylenes is 1. The monoisotopic (exact) mass is 350 g/mol. The van der Waals surface area contributed by atoms with Crippen molar-refractivity contribution in [3.63, 3.8) is 0 Å². The zero-order valence-corrected chi connectivity index (χ0v) is 14.7. The highest BCUT2D eigenvalue weighted by molar-refractivity contribution is 5.76. The first-order valence-electron chi connectivity index (χ1n) is 9.02. The van der Waals surface area contributed by atoms with E-state index in [9.17, 15) is 4.79 Å². The van der Waals surface area contributed by atoms with Gasteiger partial charge in [0.05, 0.1) is 5.69 Å². The van der Waals surface area contributed by atoms with Gasteiger partial charge in [-0.05, 0) is 12.1 Å². The molecule has 0 atom stereocenters. The highest BCUT2D eigenvalue weighted by atomic mass is 16.2. The molecule has 1 fully saturated rings. The molecule has 2 aromatic heterocycles. The zero-order valence-electron chi connectivity index (χ0n) is 14.7. The lowest BCUT2D eigenvalue weighted by Crippen LogP contribution is -2.49. The van der Waals surface area contributed by atoms with Crippen LogP contribution in [0.2, 0.25) is 0 Å². The molecule has 2 aliphatic rings. The molecule has 7 nitrogen and oxygen atoms in total. The summed E-state index contributed by atoms with van der Waals surface area (Å²) in [4.78, 5) is 21.0. The first-order chi connectivity index (χ1) is 12.7. The molecule has 0 radical (unpaired) electrons. The van der Waals surface area contributed by atoms with Gasteiger partial charge in [0.25, 0.3) is 0 Å². The van der Waals surface area contributed by atoms with Crippen LogP contribution in [0, 0.1) is 12.3 Å². The number of rotatable bonds is 6. The van der Waals surface area contributed by atoms with Crippen LogP contribution in [0.15, 0.2) is 41.0 Å². The molecule has 0 saturated carbocycles. The maximum absolute atomic E-state index is 12.5. The van der Waals surface area contributed by atoms with Crippen molar-refractivity contribution in [2.45, 2.75) is 31.3 Å². The van der Waals surface area contributed by atoms with Crippen LogP contribution in [0.5, 0.6) is 0 Å². The minimum absolute atomic E-state index is 0.187. The molecule has 26 heavy (non-hydrogen) atoms. The van der Waals surface area contributed by atoms with Gasteiger partial charge in [-0.2, -0.15) is 10.2 Å². The third kappa shape index (κ3) is 3.40. The molecule has 0 aromatic carbocycles. The number of nitrogens with zero attached hydrogens (tertiary/aromatic N) is 6. The predicted octanol–water partition coefficient (Wildman–Crippen LogP) is 2.34. The molecule has 0 aliphatic carbocycles. The first kappa shape index (κ1) is 16.6. The van der Waals surface area contributed by atoms with Crippen LogP contribution >= 0.6 is 0 Å². The Morgan fingerprint density at radius 1 is 1.19 bits per heavy atom. The third-order valence-corrected chi connectivity index (χ3v) is 5.16. The van der Waals surface area contributed by atoms with Gasteiger partial charge < -0.3 is 14.2 Å². The standard InChI is InChI=1S/C19H22N6O/c1-2-3-7-19(21-22-19)8-6-18(26)24-13-11-23(12-14-24)16-4-5-17-20-9-10-25(17)15-16/h1,4-5,9-10,15H,3,6-8,11-14H2. The molecule has 7 heteroatoms. The molecule has 0 spiro atoms. The van der Waals surface area contributed by atoms with Crippen molar-refractivity contribution in [1.82, 2.24) is 14.3 Å². The summed E-state index contributed by atoms with van der Waals surface area (Å²) >= 11 is 0. The van der Waals surface area contributed by atoms with E-state index in [1.165, 1.54) is 0 Å². The van der Waals surface area contributed by atoms with Crippen LogP contribution in [0.1, 0.15) is 25.7 Å². The van der Waals surface area contributed by atoms with Crippen molar-refractivity contribution < 1.29 is 4.79 Å². The number of aromatic nitrogens is 2. The van der Waals surface area contributed by atoms with Crippen molar-refractivity contribution in [3.8, 4) is 12.3 Å². The van der Waals surface area contributed by atoms with Gasteiger partial charge in [-0.25, -0.2) is 4.98 Å². The van der Waals surface area contributed by atoms with E-state index in [1.54, 1.807) is 6.20 Å². The SMILES string of the molecule is C#CCCC1(CCC(=O)N2CCN(c3ccc4nccn4c3)CC2)N=N1. The minimum atomic E-state index is -0.371. The summed E-state index contributed by atoms with van der Waals surface area (Å²) in [7, 11) is 0. The second-order valence-corrected chi connectivity index (χ2v) is 6.83. The van der Waals surface area contributed by atoms with Crippen LogP contribution in [-0.4, -0.2) is 52.0 Å². The fourth-order valence-electron chi connectivity index (χ4n) is 3.44. The van der Waals surface area contributed by atoms with Crippen molar-refractivity contribution in [2.24, 2.45) is 10.2 Å². The first-order valence-corrected chi connectivity index (χ1v) is 9.02. The Morgan fingerprint density at radius 3 is 2.73 bits per heavy atom. The van der Waals surface area contributed by atoms with E-state index < -0.39 is 0 Å². The lowest BCUT2D eigenvalue weighted by molar-refractivity contribution is -0.131. The van der Waals surface area contributed by atoms with E-state index in [-0.39, 0.29) is 11.6 Å². The number of amides is 1. The number of fused-ring (bicyclic) bond motifs is 1. The van der Waals surface area contributed by atoms with Crippen LogP contribution in [0.3, 0.4) is 0 Å².